The molecule has 2 atom stereocenters. The fraction of sp³-hybridized carbons (Fsp3) is 0.280. The molecule has 2 aromatic heterocycles. The average molecular weight is 496 g/mol. The minimum Gasteiger partial charge on any atom is -0.415 e. The van der Waals surface area contributed by atoms with Crippen molar-refractivity contribution in [2.24, 2.45) is 0 Å². The molecule has 4 aromatic rings. The van der Waals surface area contributed by atoms with E-state index in [4.69, 9.17) is 14.1 Å². The van der Waals surface area contributed by atoms with Crippen molar-refractivity contribution in [3.8, 4) is 34.3 Å². The molecule has 5 rings (SSSR count). The monoisotopic (exact) mass is 495 g/mol. The molecule has 1 aliphatic heterocycles. The van der Waals surface area contributed by atoms with Gasteiger partial charge in [-0.15, -0.1) is 10.2 Å². The molecular formula is C25H29N5O4S. The Hall–Kier alpha value is -3.31. The molecule has 1 aliphatic rings. The third-order valence-corrected chi connectivity index (χ3v) is 7.45. The van der Waals surface area contributed by atoms with Crippen molar-refractivity contribution in [3.05, 3.63) is 66.0 Å². The van der Waals surface area contributed by atoms with E-state index >= 15 is 0 Å². The van der Waals surface area contributed by atoms with Gasteiger partial charge in [-0.2, -0.15) is 0 Å². The fourth-order valence-electron chi connectivity index (χ4n) is 3.83. The van der Waals surface area contributed by atoms with Gasteiger partial charge >= 0.3 is 0 Å². The molecule has 0 spiro atoms. The molecule has 35 heavy (non-hydrogen) atoms. The third kappa shape index (κ3) is 5.35. The van der Waals surface area contributed by atoms with E-state index in [-0.39, 0.29) is 12.2 Å². The highest BCUT2D eigenvalue weighted by Gasteiger charge is 2.23. The smallest absolute Gasteiger partial charge is 0.268 e. The first kappa shape index (κ1) is 24.8. The summed E-state index contributed by atoms with van der Waals surface area (Å²) >= 11 is 0. The fourth-order valence-corrected chi connectivity index (χ4v) is 5.15. The van der Waals surface area contributed by atoms with Crippen molar-refractivity contribution in [2.45, 2.75) is 30.0 Å². The van der Waals surface area contributed by atoms with Crippen LogP contribution in [0.25, 0.3) is 34.3 Å². The van der Waals surface area contributed by atoms with Gasteiger partial charge in [0.2, 0.25) is 5.89 Å². The molecule has 3 heterocycles. The molecular weight excluding hydrogens is 466 g/mol. The summed E-state index contributed by atoms with van der Waals surface area (Å²) in [5.74, 6) is 0.750. The van der Waals surface area contributed by atoms with Gasteiger partial charge in [0, 0.05) is 30.6 Å². The molecule has 2 unspecified atom stereocenters. The van der Waals surface area contributed by atoms with E-state index in [1.807, 2.05) is 62.5 Å². The van der Waals surface area contributed by atoms with Gasteiger partial charge in [0.1, 0.15) is 5.69 Å². The number of aryl methyl sites for hydroxylation is 1. The summed E-state index contributed by atoms with van der Waals surface area (Å²) in [7, 11) is 0.836. The van der Waals surface area contributed by atoms with Gasteiger partial charge in [0.15, 0.2) is 0 Å². The molecule has 0 aliphatic carbocycles. The third-order valence-electron chi connectivity index (χ3n) is 5.74. The molecule has 9 nitrogen and oxygen atoms in total. The van der Waals surface area contributed by atoms with Crippen molar-refractivity contribution in [3.63, 3.8) is 0 Å². The van der Waals surface area contributed by atoms with Crippen LogP contribution in [0.15, 0.2) is 64.0 Å². The topological polar surface area (TPSA) is 135 Å². The standard InChI is InChI=1S/C25H25N5O3S.H2O.H2/c1-16-23(25-30-29-24(33-25)19-5-3-17(4-6-19)13-26-2)28-22(14-27-16)18-7-9-20(10-8-18)34(31)21-11-12-32-15-21;;/h3-10,14,21,26H,11-13,15H2,1-2H3;1H2;1H. The van der Waals surface area contributed by atoms with E-state index in [0.29, 0.717) is 42.1 Å². The van der Waals surface area contributed by atoms with Gasteiger partial charge in [-0.25, -0.2) is 4.98 Å². The summed E-state index contributed by atoms with van der Waals surface area (Å²) < 4.78 is 24.0. The number of ether oxygens (including phenoxy) is 1. The molecule has 0 saturated carbocycles. The zero-order valence-electron chi connectivity index (χ0n) is 19.5. The Morgan fingerprint density at radius 1 is 1.06 bits per heavy atom. The quantitative estimate of drug-likeness (QED) is 0.413. The molecule has 3 N–H and O–H groups in total. The molecule has 1 fully saturated rings. The molecule has 2 aromatic carbocycles. The van der Waals surface area contributed by atoms with Crippen LogP contribution in [0.4, 0.5) is 0 Å². The zero-order valence-corrected chi connectivity index (χ0v) is 20.3. The number of nitrogens with one attached hydrogen (secondary N) is 1. The Bertz CT molecular complexity index is 1310. The van der Waals surface area contributed by atoms with Crippen LogP contribution in [0.5, 0.6) is 0 Å². The van der Waals surface area contributed by atoms with Crippen molar-refractivity contribution in [2.75, 3.05) is 20.3 Å². The van der Waals surface area contributed by atoms with Gasteiger partial charge in [-0.05, 0) is 50.2 Å². The summed E-state index contributed by atoms with van der Waals surface area (Å²) in [6, 6.07) is 15.6. The highest BCUT2D eigenvalue weighted by Crippen LogP contribution is 2.28. The average Bonchev–Trinajstić information content (AvgIpc) is 3.58. The number of benzene rings is 2. The summed E-state index contributed by atoms with van der Waals surface area (Å²) in [4.78, 5) is 10.0. The highest BCUT2D eigenvalue weighted by molar-refractivity contribution is 7.85. The van der Waals surface area contributed by atoms with Gasteiger partial charge < -0.3 is 19.9 Å². The SMILES string of the molecule is CNCc1ccc(-c2nnc(-c3nc(-c4ccc(S(=O)C5CCOC5)cc4)cnc3C)o2)cc1.O.[HH]. The molecule has 1 saturated heterocycles. The first-order valence-corrected chi connectivity index (χ1v) is 12.3. The predicted octanol–water partition coefficient (Wildman–Crippen LogP) is 3.21. The van der Waals surface area contributed by atoms with Crippen LogP contribution in [-0.2, 0) is 22.1 Å². The van der Waals surface area contributed by atoms with Crippen LogP contribution >= 0.6 is 0 Å². The van der Waals surface area contributed by atoms with Crippen LogP contribution < -0.4 is 5.32 Å². The Morgan fingerprint density at radius 3 is 2.46 bits per heavy atom. The van der Waals surface area contributed by atoms with E-state index in [0.717, 1.165) is 29.0 Å². The lowest BCUT2D eigenvalue weighted by atomic mass is 10.1. The van der Waals surface area contributed by atoms with Crippen LogP contribution in [0.3, 0.4) is 0 Å². The summed E-state index contributed by atoms with van der Waals surface area (Å²) in [5, 5.41) is 11.6. The van der Waals surface area contributed by atoms with Crippen molar-refractivity contribution in [1.82, 2.24) is 25.5 Å². The van der Waals surface area contributed by atoms with Crippen LogP contribution in [-0.4, -0.2) is 55.4 Å². The second-order valence-corrected chi connectivity index (χ2v) is 9.87. The number of aromatic nitrogens is 4. The number of hydrogen-bond acceptors (Lipinski definition) is 8. The van der Waals surface area contributed by atoms with E-state index in [1.54, 1.807) is 6.20 Å². The van der Waals surface area contributed by atoms with Crippen molar-refractivity contribution >= 4 is 10.8 Å². The van der Waals surface area contributed by atoms with Gasteiger partial charge in [-0.1, -0.05) is 24.3 Å². The largest absolute Gasteiger partial charge is 0.415 e. The molecule has 184 valence electrons. The summed E-state index contributed by atoms with van der Waals surface area (Å²) in [5.41, 5.74) is 4.81. The summed E-state index contributed by atoms with van der Waals surface area (Å²) in [6.07, 6.45) is 2.54. The van der Waals surface area contributed by atoms with Crippen molar-refractivity contribution in [1.29, 1.82) is 0 Å². The molecule has 0 bridgehead atoms. The number of rotatable bonds is 7. The molecule has 0 radical (unpaired) electrons. The lowest BCUT2D eigenvalue weighted by molar-refractivity contribution is 0.199. The highest BCUT2D eigenvalue weighted by atomic mass is 32.2. The summed E-state index contributed by atoms with van der Waals surface area (Å²) in [6.45, 7) is 3.88. The first-order valence-electron chi connectivity index (χ1n) is 11.1. The normalized spacial score (nSPS) is 16.1. The second-order valence-electron chi connectivity index (χ2n) is 8.14. The minimum absolute atomic E-state index is 0. The van der Waals surface area contributed by atoms with E-state index in [1.165, 1.54) is 5.56 Å². The zero-order chi connectivity index (χ0) is 23.5. The van der Waals surface area contributed by atoms with Crippen LogP contribution in [0.2, 0.25) is 0 Å². The molecule has 10 heteroatoms. The van der Waals surface area contributed by atoms with Gasteiger partial charge in [-0.3, -0.25) is 9.19 Å². The predicted molar refractivity (Wildman–Crippen MR) is 135 cm³/mol. The van der Waals surface area contributed by atoms with Gasteiger partial charge in [0.05, 0.1) is 40.2 Å². The van der Waals surface area contributed by atoms with E-state index < -0.39 is 10.8 Å². The first-order chi connectivity index (χ1) is 16.6. The van der Waals surface area contributed by atoms with E-state index in [9.17, 15) is 4.21 Å². The maximum Gasteiger partial charge on any atom is 0.268 e. The van der Waals surface area contributed by atoms with E-state index in [2.05, 4.69) is 20.5 Å². The Morgan fingerprint density at radius 2 is 1.77 bits per heavy atom. The maximum atomic E-state index is 12.7. The lowest BCUT2D eigenvalue weighted by Gasteiger charge is -2.09. The van der Waals surface area contributed by atoms with Gasteiger partial charge in [0.25, 0.3) is 5.89 Å². The Balaban J connectivity index is 0.00000180. The van der Waals surface area contributed by atoms with Crippen LogP contribution in [0, 0.1) is 6.92 Å². The number of hydrogen-bond donors (Lipinski definition) is 1. The lowest BCUT2D eigenvalue weighted by Crippen LogP contribution is -2.14. The second kappa shape index (κ2) is 11.0. The van der Waals surface area contributed by atoms with Crippen molar-refractivity contribution < 1.29 is 20.3 Å². The minimum atomic E-state index is -1.08. The van der Waals surface area contributed by atoms with Crippen LogP contribution in [0.1, 0.15) is 19.1 Å². The maximum absolute atomic E-state index is 12.7. The Labute approximate surface area is 207 Å². The molecule has 0 amide bonds. The number of nitrogens with zero attached hydrogens (tertiary/aromatic N) is 4. The Kier molecular flexibility index (Phi) is 7.76.